The minimum Gasteiger partial charge on any atom is -0.346 e. The van der Waals surface area contributed by atoms with Crippen LogP contribution < -0.4 is 0 Å². The summed E-state index contributed by atoms with van der Waals surface area (Å²) in [7, 11) is 0. The summed E-state index contributed by atoms with van der Waals surface area (Å²) in [6.45, 7) is 2.17. The highest BCUT2D eigenvalue weighted by molar-refractivity contribution is 6.01. The van der Waals surface area contributed by atoms with Crippen molar-refractivity contribution < 1.29 is 19.1 Å². The Bertz CT molecular complexity index is 508. The van der Waals surface area contributed by atoms with Crippen LogP contribution in [0.3, 0.4) is 0 Å². The predicted molar refractivity (Wildman–Crippen MR) is 67.0 cm³/mol. The van der Waals surface area contributed by atoms with Crippen LogP contribution in [0, 0.1) is 0 Å². The lowest BCUT2D eigenvalue weighted by atomic mass is 10.1. The first-order chi connectivity index (χ1) is 9.24. The zero-order valence-corrected chi connectivity index (χ0v) is 10.5. The smallest absolute Gasteiger partial charge is 0.254 e. The van der Waals surface area contributed by atoms with Gasteiger partial charge in [0, 0.05) is 18.5 Å². The van der Waals surface area contributed by atoms with Crippen molar-refractivity contribution in [1.29, 1.82) is 0 Å². The lowest BCUT2D eigenvalue weighted by Crippen LogP contribution is -2.37. The minimum absolute atomic E-state index is 0.140. The van der Waals surface area contributed by atoms with Crippen molar-refractivity contribution in [3.8, 4) is 0 Å². The van der Waals surface area contributed by atoms with E-state index in [1.54, 1.807) is 29.2 Å². The number of aldehydes is 1. The van der Waals surface area contributed by atoms with Gasteiger partial charge in [-0.25, -0.2) is 0 Å². The first kappa shape index (κ1) is 12.3. The summed E-state index contributed by atoms with van der Waals surface area (Å²) in [5.41, 5.74) is 0.856. The molecule has 2 heterocycles. The van der Waals surface area contributed by atoms with Crippen molar-refractivity contribution in [3.05, 3.63) is 35.4 Å². The predicted octanol–water partition coefficient (Wildman–Crippen LogP) is 1.09. The van der Waals surface area contributed by atoms with E-state index in [0.717, 1.165) is 0 Å². The summed E-state index contributed by atoms with van der Waals surface area (Å²) in [6.07, 6.45) is 1.39. The van der Waals surface area contributed by atoms with E-state index >= 15 is 0 Å². The van der Waals surface area contributed by atoms with Gasteiger partial charge in [-0.3, -0.25) is 9.59 Å². The third-order valence-electron chi connectivity index (χ3n) is 3.61. The number of likely N-dealkylation sites (tertiary alicyclic amines) is 1. The Labute approximate surface area is 111 Å². The fourth-order valence-corrected chi connectivity index (χ4v) is 2.63. The van der Waals surface area contributed by atoms with E-state index < -0.39 is 5.79 Å². The van der Waals surface area contributed by atoms with Crippen LogP contribution in [0.25, 0.3) is 0 Å². The van der Waals surface area contributed by atoms with E-state index in [2.05, 4.69) is 0 Å². The van der Waals surface area contributed by atoms with Crippen LogP contribution in [0.4, 0.5) is 0 Å². The van der Waals surface area contributed by atoms with Crippen LogP contribution in [0.2, 0.25) is 0 Å². The van der Waals surface area contributed by atoms with Crippen LogP contribution in [0.1, 0.15) is 27.1 Å². The molecule has 0 saturated carbocycles. The Morgan fingerprint density at radius 3 is 2.74 bits per heavy atom. The Kier molecular flexibility index (Phi) is 3.08. The second-order valence-corrected chi connectivity index (χ2v) is 4.79. The first-order valence-corrected chi connectivity index (χ1v) is 6.35. The second-order valence-electron chi connectivity index (χ2n) is 4.79. The van der Waals surface area contributed by atoms with Gasteiger partial charge in [-0.1, -0.05) is 18.2 Å². The zero-order chi connectivity index (χ0) is 13.3. The van der Waals surface area contributed by atoms with Gasteiger partial charge < -0.3 is 14.4 Å². The Morgan fingerprint density at radius 2 is 2.00 bits per heavy atom. The van der Waals surface area contributed by atoms with Crippen LogP contribution in [0.15, 0.2) is 24.3 Å². The summed E-state index contributed by atoms with van der Waals surface area (Å²) < 4.78 is 11.2. The molecule has 19 heavy (non-hydrogen) atoms. The maximum atomic E-state index is 12.4. The highest BCUT2D eigenvalue weighted by atomic mass is 16.7. The number of amides is 1. The molecule has 2 fully saturated rings. The second kappa shape index (κ2) is 4.75. The van der Waals surface area contributed by atoms with Gasteiger partial charge >= 0.3 is 0 Å². The van der Waals surface area contributed by atoms with Crippen molar-refractivity contribution in [2.75, 3.05) is 26.3 Å². The molecule has 5 nitrogen and oxygen atoms in total. The molecule has 0 aliphatic carbocycles. The van der Waals surface area contributed by atoms with Crippen LogP contribution in [-0.2, 0) is 9.47 Å². The molecule has 1 aromatic rings. The molecule has 0 aromatic heterocycles. The van der Waals surface area contributed by atoms with Gasteiger partial charge in [-0.05, 0) is 6.07 Å². The number of nitrogens with zero attached hydrogens (tertiary/aromatic N) is 1. The molecule has 5 heteroatoms. The van der Waals surface area contributed by atoms with Crippen molar-refractivity contribution >= 4 is 12.2 Å². The molecule has 0 N–H and O–H groups in total. The molecule has 1 amide bonds. The number of rotatable bonds is 2. The molecule has 1 aromatic carbocycles. The minimum atomic E-state index is -0.619. The van der Waals surface area contributed by atoms with E-state index in [1.165, 1.54) is 0 Å². The topological polar surface area (TPSA) is 55.8 Å². The molecular weight excluding hydrogens is 246 g/mol. The normalized spacial score (nSPS) is 20.9. The molecule has 2 saturated heterocycles. The number of ether oxygens (including phenoxy) is 2. The maximum absolute atomic E-state index is 12.4. The molecule has 1 spiro atoms. The van der Waals surface area contributed by atoms with Gasteiger partial charge in [-0.2, -0.15) is 0 Å². The summed E-state index contributed by atoms with van der Waals surface area (Å²) in [5.74, 6) is -0.759. The summed E-state index contributed by atoms with van der Waals surface area (Å²) in [4.78, 5) is 25.1. The highest BCUT2D eigenvalue weighted by Crippen LogP contribution is 2.31. The van der Waals surface area contributed by atoms with Crippen LogP contribution >= 0.6 is 0 Å². The van der Waals surface area contributed by atoms with Gasteiger partial charge in [0.1, 0.15) is 0 Å². The lowest BCUT2D eigenvalue weighted by molar-refractivity contribution is -0.143. The third-order valence-corrected chi connectivity index (χ3v) is 3.61. The molecular formula is C14H15NO4. The summed E-state index contributed by atoms with van der Waals surface area (Å²) in [5, 5.41) is 0. The molecule has 2 aliphatic heterocycles. The SMILES string of the molecule is O=Cc1ccccc1C(=O)N1CCC2(C1)OCCO2. The molecule has 0 atom stereocenters. The molecule has 0 unspecified atom stereocenters. The third kappa shape index (κ3) is 2.15. The van der Waals surface area contributed by atoms with Crippen molar-refractivity contribution in [2.24, 2.45) is 0 Å². The molecule has 0 radical (unpaired) electrons. The fraction of sp³-hybridized carbons (Fsp3) is 0.429. The molecule has 0 bridgehead atoms. The van der Waals surface area contributed by atoms with E-state index in [4.69, 9.17) is 9.47 Å². The number of hydrogen-bond donors (Lipinski definition) is 0. The van der Waals surface area contributed by atoms with E-state index in [-0.39, 0.29) is 5.91 Å². The van der Waals surface area contributed by atoms with Crippen molar-refractivity contribution in [3.63, 3.8) is 0 Å². The van der Waals surface area contributed by atoms with E-state index in [0.29, 0.717) is 50.1 Å². The van der Waals surface area contributed by atoms with Gasteiger partial charge in [0.15, 0.2) is 12.1 Å². The monoisotopic (exact) mass is 261 g/mol. The van der Waals surface area contributed by atoms with E-state index in [9.17, 15) is 9.59 Å². The number of benzene rings is 1. The quantitative estimate of drug-likeness (QED) is 0.748. The lowest BCUT2D eigenvalue weighted by Gasteiger charge is -2.22. The van der Waals surface area contributed by atoms with Crippen molar-refractivity contribution in [2.45, 2.75) is 12.2 Å². The Balaban J connectivity index is 1.80. The summed E-state index contributed by atoms with van der Waals surface area (Å²) >= 11 is 0. The molecule has 2 aliphatic rings. The number of hydrogen-bond acceptors (Lipinski definition) is 4. The largest absolute Gasteiger partial charge is 0.346 e. The standard InChI is InChI=1S/C14H15NO4/c16-9-11-3-1-2-4-12(11)13(17)15-6-5-14(10-15)18-7-8-19-14/h1-4,9H,5-8,10H2. The maximum Gasteiger partial charge on any atom is 0.254 e. The fourth-order valence-electron chi connectivity index (χ4n) is 2.63. The van der Waals surface area contributed by atoms with Gasteiger partial charge in [0.2, 0.25) is 0 Å². The van der Waals surface area contributed by atoms with Gasteiger partial charge in [0.25, 0.3) is 5.91 Å². The van der Waals surface area contributed by atoms with E-state index in [1.807, 2.05) is 0 Å². The summed E-state index contributed by atoms with van der Waals surface area (Å²) in [6, 6.07) is 6.83. The van der Waals surface area contributed by atoms with Crippen LogP contribution in [-0.4, -0.2) is 49.2 Å². The van der Waals surface area contributed by atoms with Gasteiger partial charge in [0.05, 0.1) is 25.3 Å². The first-order valence-electron chi connectivity index (χ1n) is 6.35. The Morgan fingerprint density at radius 1 is 1.26 bits per heavy atom. The average molecular weight is 261 g/mol. The van der Waals surface area contributed by atoms with Gasteiger partial charge in [-0.15, -0.1) is 0 Å². The zero-order valence-electron chi connectivity index (χ0n) is 10.5. The number of carbonyl (C=O) groups is 2. The highest BCUT2D eigenvalue weighted by Gasteiger charge is 2.45. The molecule has 100 valence electrons. The van der Waals surface area contributed by atoms with Crippen LogP contribution in [0.5, 0.6) is 0 Å². The Hall–Kier alpha value is -1.72. The number of carbonyl (C=O) groups excluding carboxylic acids is 2. The molecule has 3 rings (SSSR count). The van der Waals surface area contributed by atoms with Crippen molar-refractivity contribution in [1.82, 2.24) is 4.90 Å². The average Bonchev–Trinajstić information content (AvgIpc) is 3.09.